The van der Waals surface area contributed by atoms with Crippen LogP contribution in [0.25, 0.3) is 0 Å². The molecule has 0 spiro atoms. The average Bonchev–Trinajstić information content (AvgIpc) is 2.56. The first kappa shape index (κ1) is 15.2. The molecule has 22 heavy (non-hydrogen) atoms. The zero-order chi connectivity index (χ0) is 15.4. The van der Waals surface area contributed by atoms with Crippen molar-refractivity contribution in [1.29, 1.82) is 0 Å². The highest BCUT2D eigenvalue weighted by atomic mass is 16.5. The van der Waals surface area contributed by atoms with Crippen LogP contribution in [0.15, 0.2) is 60.7 Å². The summed E-state index contributed by atoms with van der Waals surface area (Å²) in [6, 6.07) is 19.8. The third-order valence-electron chi connectivity index (χ3n) is 4.37. The van der Waals surface area contributed by atoms with E-state index in [1.807, 2.05) is 60.7 Å². The van der Waals surface area contributed by atoms with E-state index in [2.05, 4.69) is 11.9 Å². The van der Waals surface area contributed by atoms with Gasteiger partial charge >= 0.3 is 0 Å². The summed E-state index contributed by atoms with van der Waals surface area (Å²) in [4.78, 5) is 2.25. The molecule has 116 valence electrons. The number of rotatable bonds is 4. The fraction of sp³-hybridized carbons (Fsp3) is 0.368. The highest BCUT2D eigenvalue weighted by molar-refractivity contribution is 5.36. The van der Waals surface area contributed by atoms with Gasteiger partial charge < -0.3 is 14.7 Å². The number of hydrogen-bond donors (Lipinski definition) is 1. The van der Waals surface area contributed by atoms with Gasteiger partial charge in [-0.2, -0.15) is 0 Å². The van der Waals surface area contributed by atoms with E-state index >= 15 is 0 Å². The van der Waals surface area contributed by atoms with Crippen molar-refractivity contribution < 1.29 is 9.84 Å². The van der Waals surface area contributed by atoms with Crippen molar-refractivity contribution in [3.05, 3.63) is 71.8 Å². The summed E-state index contributed by atoms with van der Waals surface area (Å²) in [6.45, 7) is 2.52. The summed E-state index contributed by atoms with van der Waals surface area (Å²) >= 11 is 0. The second-order valence-electron chi connectivity index (χ2n) is 6.05. The van der Waals surface area contributed by atoms with E-state index in [-0.39, 0.29) is 6.10 Å². The van der Waals surface area contributed by atoms with Crippen LogP contribution in [0.4, 0.5) is 0 Å². The van der Waals surface area contributed by atoms with Gasteiger partial charge in [0.1, 0.15) is 5.60 Å². The van der Waals surface area contributed by atoms with E-state index in [0.717, 1.165) is 30.8 Å². The third-order valence-corrected chi connectivity index (χ3v) is 4.37. The lowest BCUT2D eigenvalue weighted by Crippen LogP contribution is -2.44. The SMILES string of the molecule is CN1CCOC(CC(O)(c2ccccc2)c2ccccc2)C1. The smallest absolute Gasteiger partial charge is 0.117 e. The maximum atomic E-state index is 11.5. The van der Waals surface area contributed by atoms with Crippen LogP contribution in [0.5, 0.6) is 0 Å². The van der Waals surface area contributed by atoms with E-state index < -0.39 is 5.60 Å². The standard InChI is InChI=1S/C19H23NO2/c1-20-12-13-22-18(15-20)14-19(21,16-8-4-2-5-9-16)17-10-6-3-7-11-17/h2-11,18,21H,12-15H2,1H3. The molecule has 0 amide bonds. The summed E-state index contributed by atoms with van der Waals surface area (Å²) in [5.74, 6) is 0. The molecule has 0 aromatic heterocycles. The number of nitrogens with zero attached hydrogens (tertiary/aromatic N) is 1. The summed E-state index contributed by atoms with van der Waals surface area (Å²) in [7, 11) is 2.10. The first-order chi connectivity index (χ1) is 10.7. The van der Waals surface area contributed by atoms with Crippen molar-refractivity contribution >= 4 is 0 Å². The van der Waals surface area contributed by atoms with Gasteiger partial charge in [-0.05, 0) is 18.2 Å². The normalized spacial score (nSPS) is 20.0. The Labute approximate surface area is 132 Å². The zero-order valence-electron chi connectivity index (χ0n) is 13.0. The van der Waals surface area contributed by atoms with Gasteiger partial charge in [-0.3, -0.25) is 0 Å². The molecule has 0 bridgehead atoms. The minimum atomic E-state index is -1.02. The zero-order valence-corrected chi connectivity index (χ0v) is 13.0. The maximum absolute atomic E-state index is 11.5. The molecule has 1 aliphatic rings. The summed E-state index contributed by atoms with van der Waals surface area (Å²) < 4.78 is 5.89. The van der Waals surface area contributed by atoms with E-state index in [1.165, 1.54) is 0 Å². The van der Waals surface area contributed by atoms with Crippen molar-refractivity contribution in [2.75, 3.05) is 26.7 Å². The molecule has 1 aliphatic heterocycles. The minimum absolute atomic E-state index is 0.0316. The fourth-order valence-corrected chi connectivity index (χ4v) is 3.15. The van der Waals surface area contributed by atoms with Gasteiger partial charge in [-0.25, -0.2) is 0 Å². The molecule has 1 N–H and O–H groups in total. The maximum Gasteiger partial charge on any atom is 0.117 e. The van der Waals surface area contributed by atoms with Crippen molar-refractivity contribution in [2.45, 2.75) is 18.1 Å². The molecule has 0 saturated carbocycles. The molecular weight excluding hydrogens is 274 g/mol. The van der Waals surface area contributed by atoms with Crippen LogP contribution < -0.4 is 0 Å². The van der Waals surface area contributed by atoms with Gasteiger partial charge in [0.25, 0.3) is 0 Å². The molecule has 1 fully saturated rings. The predicted octanol–water partition coefficient (Wildman–Crippen LogP) is 2.64. The molecular formula is C19H23NO2. The van der Waals surface area contributed by atoms with E-state index in [0.29, 0.717) is 6.42 Å². The Bertz CT molecular complexity index is 545. The highest BCUT2D eigenvalue weighted by Gasteiger charge is 2.35. The van der Waals surface area contributed by atoms with Gasteiger partial charge in [-0.1, -0.05) is 60.7 Å². The number of aliphatic hydroxyl groups is 1. The van der Waals surface area contributed by atoms with Crippen LogP contribution in [0.2, 0.25) is 0 Å². The number of ether oxygens (including phenoxy) is 1. The third kappa shape index (κ3) is 3.22. The Hall–Kier alpha value is -1.68. The Morgan fingerprint density at radius 1 is 1.05 bits per heavy atom. The molecule has 3 nitrogen and oxygen atoms in total. The van der Waals surface area contributed by atoms with Crippen LogP contribution >= 0.6 is 0 Å². The van der Waals surface area contributed by atoms with E-state index in [4.69, 9.17) is 4.74 Å². The van der Waals surface area contributed by atoms with E-state index in [9.17, 15) is 5.11 Å². The van der Waals surface area contributed by atoms with Gasteiger partial charge in [-0.15, -0.1) is 0 Å². The van der Waals surface area contributed by atoms with Crippen LogP contribution in [0.1, 0.15) is 17.5 Å². The first-order valence-electron chi connectivity index (χ1n) is 7.82. The lowest BCUT2D eigenvalue weighted by Gasteiger charge is -2.37. The number of hydrogen-bond acceptors (Lipinski definition) is 3. The molecule has 2 aromatic carbocycles. The number of likely N-dealkylation sites (N-methyl/N-ethyl adjacent to an activating group) is 1. The summed E-state index contributed by atoms with van der Waals surface area (Å²) in [5.41, 5.74) is 0.807. The van der Waals surface area contributed by atoms with Crippen LogP contribution in [-0.4, -0.2) is 42.9 Å². The summed E-state index contributed by atoms with van der Waals surface area (Å²) in [5, 5.41) is 11.5. The molecule has 0 radical (unpaired) electrons. The first-order valence-corrected chi connectivity index (χ1v) is 7.82. The highest BCUT2D eigenvalue weighted by Crippen LogP contribution is 2.35. The van der Waals surface area contributed by atoms with Crippen molar-refractivity contribution in [3.8, 4) is 0 Å². The number of benzene rings is 2. The molecule has 1 saturated heterocycles. The van der Waals surface area contributed by atoms with Crippen LogP contribution in [0, 0.1) is 0 Å². The lowest BCUT2D eigenvalue weighted by atomic mass is 9.81. The Kier molecular flexibility index (Phi) is 4.57. The minimum Gasteiger partial charge on any atom is -0.380 e. The summed E-state index contributed by atoms with van der Waals surface area (Å²) in [6.07, 6.45) is 0.593. The van der Waals surface area contributed by atoms with Crippen molar-refractivity contribution in [2.24, 2.45) is 0 Å². The predicted molar refractivity (Wildman–Crippen MR) is 87.7 cm³/mol. The Morgan fingerprint density at radius 3 is 2.09 bits per heavy atom. The topological polar surface area (TPSA) is 32.7 Å². The quantitative estimate of drug-likeness (QED) is 0.941. The molecule has 1 unspecified atom stereocenters. The molecule has 0 aliphatic carbocycles. The molecule has 2 aromatic rings. The second-order valence-corrected chi connectivity index (χ2v) is 6.05. The second kappa shape index (κ2) is 6.61. The monoisotopic (exact) mass is 297 g/mol. The van der Waals surface area contributed by atoms with E-state index in [1.54, 1.807) is 0 Å². The Morgan fingerprint density at radius 2 is 1.59 bits per heavy atom. The Balaban J connectivity index is 1.93. The van der Waals surface area contributed by atoms with Crippen LogP contribution in [0.3, 0.4) is 0 Å². The van der Waals surface area contributed by atoms with Crippen molar-refractivity contribution in [1.82, 2.24) is 4.90 Å². The van der Waals surface area contributed by atoms with Gasteiger partial charge in [0.15, 0.2) is 0 Å². The van der Waals surface area contributed by atoms with Crippen molar-refractivity contribution in [3.63, 3.8) is 0 Å². The largest absolute Gasteiger partial charge is 0.380 e. The lowest BCUT2D eigenvalue weighted by molar-refractivity contribution is -0.0631. The van der Waals surface area contributed by atoms with Gasteiger partial charge in [0, 0.05) is 19.5 Å². The average molecular weight is 297 g/mol. The molecule has 1 heterocycles. The fourth-order valence-electron chi connectivity index (χ4n) is 3.15. The molecule has 1 atom stereocenters. The number of morpholine rings is 1. The van der Waals surface area contributed by atoms with Crippen LogP contribution in [-0.2, 0) is 10.3 Å². The van der Waals surface area contributed by atoms with Gasteiger partial charge in [0.05, 0.1) is 12.7 Å². The molecule has 3 heteroatoms. The van der Waals surface area contributed by atoms with Gasteiger partial charge in [0.2, 0.25) is 0 Å². The molecule has 3 rings (SSSR count).